The Morgan fingerprint density at radius 1 is 1.38 bits per heavy atom. The third-order valence-electron chi connectivity index (χ3n) is 3.35. The van der Waals surface area contributed by atoms with E-state index < -0.39 is 12.0 Å². The summed E-state index contributed by atoms with van der Waals surface area (Å²) in [6.45, 7) is 3.57. The van der Waals surface area contributed by atoms with E-state index in [0.717, 1.165) is 5.39 Å². The number of carboxylic acid groups (broad SMARTS) is 1. The molecular formula is C15H15N3O3. The van der Waals surface area contributed by atoms with E-state index in [4.69, 9.17) is 4.42 Å². The number of carbonyl (C=O) groups is 1. The van der Waals surface area contributed by atoms with Crippen LogP contribution < -0.4 is 5.32 Å². The molecule has 0 saturated carbocycles. The van der Waals surface area contributed by atoms with Crippen LogP contribution >= 0.6 is 0 Å². The topological polar surface area (TPSA) is 88.3 Å². The SMILES string of the molecule is CCC(Nc1nc(C)nc2c1oc1ccccc12)C(=O)O. The zero-order chi connectivity index (χ0) is 15.0. The highest BCUT2D eigenvalue weighted by Crippen LogP contribution is 2.31. The summed E-state index contributed by atoms with van der Waals surface area (Å²) >= 11 is 0. The predicted molar refractivity (Wildman–Crippen MR) is 79.4 cm³/mol. The molecule has 6 nitrogen and oxygen atoms in total. The lowest BCUT2D eigenvalue weighted by atomic mass is 10.2. The predicted octanol–water partition coefficient (Wildman–Crippen LogP) is 2.96. The van der Waals surface area contributed by atoms with Gasteiger partial charge in [0.1, 0.15) is 23.0 Å². The molecule has 6 heteroatoms. The van der Waals surface area contributed by atoms with Crippen molar-refractivity contribution in [3.63, 3.8) is 0 Å². The Labute approximate surface area is 120 Å². The summed E-state index contributed by atoms with van der Waals surface area (Å²) < 4.78 is 5.78. The molecule has 0 saturated heterocycles. The average Bonchev–Trinajstić information content (AvgIpc) is 2.83. The molecule has 0 aliphatic heterocycles. The third-order valence-corrected chi connectivity index (χ3v) is 3.35. The quantitative estimate of drug-likeness (QED) is 0.766. The highest BCUT2D eigenvalue weighted by Gasteiger charge is 2.20. The Morgan fingerprint density at radius 2 is 2.14 bits per heavy atom. The first-order chi connectivity index (χ1) is 10.1. The molecule has 0 fully saturated rings. The highest BCUT2D eigenvalue weighted by molar-refractivity contribution is 6.05. The van der Waals surface area contributed by atoms with Crippen LogP contribution in [-0.4, -0.2) is 27.1 Å². The van der Waals surface area contributed by atoms with Gasteiger partial charge in [0.05, 0.1) is 0 Å². The molecule has 1 atom stereocenters. The van der Waals surface area contributed by atoms with Crippen molar-refractivity contribution in [1.82, 2.24) is 9.97 Å². The van der Waals surface area contributed by atoms with E-state index >= 15 is 0 Å². The van der Waals surface area contributed by atoms with Crippen molar-refractivity contribution in [2.24, 2.45) is 0 Å². The first-order valence-electron chi connectivity index (χ1n) is 6.75. The van der Waals surface area contributed by atoms with Gasteiger partial charge in [-0.2, -0.15) is 0 Å². The maximum Gasteiger partial charge on any atom is 0.326 e. The maximum absolute atomic E-state index is 11.2. The summed E-state index contributed by atoms with van der Waals surface area (Å²) in [5.41, 5.74) is 1.89. The minimum Gasteiger partial charge on any atom is -0.480 e. The van der Waals surface area contributed by atoms with Crippen molar-refractivity contribution in [3.8, 4) is 0 Å². The number of anilines is 1. The van der Waals surface area contributed by atoms with Gasteiger partial charge in [0, 0.05) is 5.39 Å². The number of hydrogen-bond donors (Lipinski definition) is 2. The fraction of sp³-hybridized carbons (Fsp3) is 0.267. The molecule has 0 amide bonds. The van der Waals surface area contributed by atoms with Crippen LogP contribution in [0.15, 0.2) is 28.7 Å². The molecule has 2 aromatic heterocycles. The van der Waals surface area contributed by atoms with E-state index in [1.807, 2.05) is 24.3 Å². The number of carboxylic acids is 1. The molecule has 0 bridgehead atoms. The Bertz CT molecular complexity index is 826. The van der Waals surface area contributed by atoms with E-state index in [-0.39, 0.29) is 0 Å². The van der Waals surface area contributed by atoms with Crippen LogP contribution in [0.1, 0.15) is 19.2 Å². The number of benzene rings is 1. The first kappa shape index (κ1) is 13.4. The van der Waals surface area contributed by atoms with Crippen molar-refractivity contribution in [2.45, 2.75) is 26.3 Å². The fourth-order valence-electron chi connectivity index (χ4n) is 2.30. The van der Waals surface area contributed by atoms with E-state index in [9.17, 15) is 9.90 Å². The summed E-state index contributed by atoms with van der Waals surface area (Å²) in [5, 5.41) is 13.0. The van der Waals surface area contributed by atoms with Gasteiger partial charge in [-0.3, -0.25) is 0 Å². The minimum atomic E-state index is -0.918. The number of fused-ring (bicyclic) bond motifs is 3. The van der Waals surface area contributed by atoms with Crippen LogP contribution in [0.4, 0.5) is 5.82 Å². The first-order valence-corrected chi connectivity index (χ1v) is 6.75. The van der Waals surface area contributed by atoms with E-state index in [0.29, 0.717) is 34.7 Å². The molecule has 0 spiro atoms. The number of aromatic nitrogens is 2. The second kappa shape index (κ2) is 5.05. The highest BCUT2D eigenvalue weighted by atomic mass is 16.4. The second-order valence-electron chi connectivity index (χ2n) is 4.84. The van der Waals surface area contributed by atoms with Gasteiger partial charge in [-0.15, -0.1) is 0 Å². The average molecular weight is 285 g/mol. The molecule has 0 aliphatic carbocycles. The van der Waals surface area contributed by atoms with Gasteiger partial charge in [-0.1, -0.05) is 19.1 Å². The maximum atomic E-state index is 11.2. The van der Waals surface area contributed by atoms with Gasteiger partial charge >= 0.3 is 5.97 Å². The lowest BCUT2D eigenvalue weighted by Gasteiger charge is -2.13. The Morgan fingerprint density at radius 3 is 2.86 bits per heavy atom. The molecule has 0 radical (unpaired) electrons. The lowest BCUT2D eigenvalue weighted by Crippen LogP contribution is -2.28. The van der Waals surface area contributed by atoms with Crippen LogP contribution in [-0.2, 0) is 4.79 Å². The standard InChI is InChI=1S/C15H15N3O3/c1-3-10(15(19)20)18-14-13-12(16-8(2)17-14)9-6-4-5-7-11(9)21-13/h4-7,10H,3H2,1-2H3,(H,19,20)(H,16,17,18). The molecule has 1 unspecified atom stereocenters. The summed E-state index contributed by atoms with van der Waals surface area (Å²) in [7, 11) is 0. The van der Waals surface area contributed by atoms with Gasteiger partial charge in [-0.25, -0.2) is 14.8 Å². The molecule has 21 heavy (non-hydrogen) atoms. The van der Waals surface area contributed by atoms with E-state index in [2.05, 4.69) is 15.3 Å². The molecule has 2 heterocycles. The molecule has 108 valence electrons. The minimum absolute atomic E-state index is 0.419. The van der Waals surface area contributed by atoms with Crippen molar-refractivity contribution in [3.05, 3.63) is 30.1 Å². The second-order valence-corrected chi connectivity index (χ2v) is 4.84. The Hall–Kier alpha value is -2.63. The zero-order valence-electron chi connectivity index (χ0n) is 11.8. The van der Waals surface area contributed by atoms with Crippen LogP contribution in [0.5, 0.6) is 0 Å². The number of para-hydroxylation sites is 1. The van der Waals surface area contributed by atoms with Crippen LogP contribution in [0, 0.1) is 6.92 Å². The number of furan rings is 1. The van der Waals surface area contributed by atoms with Crippen LogP contribution in [0.3, 0.4) is 0 Å². The molecule has 0 aliphatic rings. The van der Waals surface area contributed by atoms with Crippen molar-refractivity contribution >= 4 is 33.9 Å². The van der Waals surface area contributed by atoms with E-state index in [1.165, 1.54) is 0 Å². The molecule has 3 aromatic rings. The molecular weight excluding hydrogens is 270 g/mol. The van der Waals surface area contributed by atoms with Crippen molar-refractivity contribution in [2.75, 3.05) is 5.32 Å². The number of aliphatic carboxylic acids is 1. The fourth-order valence-corrected chi connectivity index (χ4v) is 2.30. The monoisotopic (exact) mass is 285 g/mol. The van der Waals surface area contributed by atoms with Crippen molar-refractivity contribution in [1.29, 1.82) is 0 Å². The normalized spacial score (nSPS) is 12.7. The van der Waals surface area contributed by atoms with Gasteiger partial charge in [-0.05, 0) is 25.5 Å². The van der Waals surface area contributed by atoms with E-state index in [1.54, 1.807) is 13.8 Å². The smallest absolute Gasteiger partial charge is 0.326 e. The molecule has 3 rings (SSSR count). The zero-order valence-corrected chi connectivity index (χ0v) is 11.8. The molecule has 2 N–H and O–H groups in total. The number of nitrogens with one attached hydrogen (secondary N) is 1. The summed E-state index contributed by atoms with van der Waals surface area (Å²) in [6, 6.07) is 6.85. The van der Waals surface area contributed by atoms with Crippen molar-refractivity contribution < 1.29 is 14.3 Å². The largest absolute Gasteiger partial charge is 0.480 e. The summed E-state index contributed by atoms with van der Waals surface area (Å²) in [6.07, 6.45) is 0.445. The van der Waals surface area contributed by atoms with Crippen LogP contribution in [0.25, 0.3) is 22.1 Å². The third kappa shape index (κ3) is 2.29. The number of aryl methyl sites for hydroxylation is 1. The molecule has 1 aromatic carbocycles. The van der Waals surface area contributed by atoms with Gasteiger partial charge in [0.2, 0.25) is 0 Å². The summed E-state index contributed by atoms with van der Waals surface area (Å²) in [5.74, 6) is 0.0674. The van der Waals surface area contributed by atoms with Gasteiger partial charge in [0.25, 0.3) is 0 Å². The van der Waals surface area contributed by atoms with Gasteiger partial charge < -0.3 is 14.8 Å². The van der Waals surface area contributed by atoms with Gasteiger partial charge in [0.15, 0.2) is 11.4 Å². The lowest BCUT2D eigenvalue weighted by molar-refractivity contribution is -0.137. The Kier molecular flexibility index (Phi) is 3.21. The summed E-state index contributed by atoms with van der Waals surface area (Å²) in [4.78, 5) is 19.9. The number of rotatable bonds is 4. The number of hydrogen-bond acceptors (Lipinski definition) is 5. The van der Waals surface area contributed by atoms with Crippen LogP contribution in [0.2, 0.25) is 0 Å². The number of nitrogens with zero attached hydrogens (tertiary/aromatic N) is 2. The Balaban J connectivity index is 2.20.